The van der Waals surface area contributed by atoms with Gasteiger partial charge in [0, 0.05) is 5.75 Å². The Morgan fingerprint density at radius 1 is 1.42 bits per heavy atom. The smallest absolute Gasteiger partial charge is 0.0925 e. The number of nitrogens with zero attached hydrogens (tertiary/aromatic N) is 1. The van der Waals surface area contributed by atoms with E-state index in [4.69, 9.17) is 0 Å². The maximum absolute atomic E-state index is 9.47. The van der Waals surface area contributed by atoms with Gasteiger partial charge in [0.1, 0.15) is 0 Å². The number of hydrogen-bond donors (Lipinski definition) is 1. The maximum atomic E-state index is 9.47. The van der Waals surface area contributed by atoms with Gasteiger partial charge in [0.05, 0.1) is 11.8 Å². The first-order valence-corrected chi connectivity index (χ1v) is 5.57. The van der Waals surface area contributed by atoms with Gasteiger partial charge >= 0.3 is 0 Å². The molecule has 0 saturated carbocycles. The third-order valence-corrected chi connectivity index (χ3v) is 2.57. The fourth-order valence-electron chi connectivity index (χ4n) is 0.816. The lowest BCUT2D eigenvalue weighted by Gasteiger charge is -2.08. The molecule has 0 aliphatic heterocycles. The molecule has 0 saturated heterocycles. The summed E-state index contributed by atoms with van der Waals surface area (Å²) < 4.78 is 4.29. The van der Waals surface area contributed by atoms with Crippen LogP contribution in [0.2, 0.25) is 0 Å². The van der Waals surface area contributed by atoms with Crippen LogP contribution in [0.1, 0.15) is 40.0 Å². The molecule has 0 amide bonds. The summed E-state index contributed by atoms with van der Waals surface area (Å²) in [6.45, 7) is 6.13. The molecular weight excluding hydrogens is 170 g/mol. The van der Waals surface area contributed by atoms with Crippen LogP contribution >= 0.6 is 11.9 Å². The van der Waals surface area contributed by atoms with Gasteiger partial charge < -0.3 is 5.11 Å². The van der Waals surface area contributed by atoms with Crippen LogP contribution < -0.4 is 0 Å². The van der Waals surface area contributed by atoms with Gasteiger partial charge in [-0.05, 0) is 31.2 Å². The van der Waals surface area contributed by atoms with Gasteiger partial charge in [0.25, 0.3) is 0 Å². The summed E-state index contributed by atoms with van der Waals surface area (Å²) in [7, 11) is 0. The topological polar surface area (TPSA) is 32.6 Å². The number of rotatable bonds is 6. The highest BCUT2D eigenvalue weighted by molar-refractivity contribution is 7.98. The average Bonchev–Trinajstić information content (AvgIpc) is 2.11. The van der Waals surface area contributed by atoms with Crippen molar-refractivity contribution in [2.75, 3.05) is 5.75 Å². The summed E-state index contributed by atoms with van der Waals surface area (Å²) in [5.74, 6) is 1.04. The molecule has 0 heterocycles. The van der Waals surface area contributed by atoms with Crippen molar-refractivity contribution in [1.82, 2.24) is 0 Å². The molecular formula is C9H19NOS. The van der Waals surface area contributed by atoms with Gasteiger partial charge in [-0.2, -0.15) is 0 Å². The molecule has 0 rings (SSSR count). The molecule has 1 atom stereocenters. The van der Waals surface area contributed by atoms with Crippen LogP contribution in [0.25, 0.3) is 0 Å². The highest BCUT2D eigenvalue weighted by Gasteiger charge is 2.07. The lowest BCUT2D eigenvalue weighted by Crippen LogP contribution is -2.17. The molecule has 0 radical (unpaired) electrons. The van der Waals surface area contributed by atoms with Crippen LogP contribution in [0.4, 0.5) is 0 Å². The SMILES string of the molecule is CCCSN=C(CC)C(O)CC. The first-order chi connectivity index (χ1) is 5.76. The lowest BCUT2D eigenvalue weighted by atomic mass is 10.1. The molecule has 1 unspecified atom stereocenters. The Morgan fingerprint density at radius 3 is 2.50 bits per heavy atom. The van der Waals surface area contributed by atoms with Gasteiger partial charge in [0.15, 0.2) is 0 Å². The maximum Gasteiger partial charge on any atom is 0.0925 e. The Morgan fingerprint density at radius 2 is 2.08 bits per heavy atom. The van der Waals surface area contributed by atoms with Gasteiger partial charge in [-0.1, -0.05) is 20.8 Å². The van der Waals surface area contributed by atoms with Crippen LogP contribution in [-0.4, -0.2) is 22.7 Å². The zero-order valence-corrected chi connectivity index (χ0v) is 9.02. The minimum Gasteiger partial charge on any atom is -0.387 e. The lowest BCUT2D eigenvalue weighted by molar-refractivity contribution is 0.235. The van der Waals surface area contributed by atoms with Crippen LogP contribution in [-0.2, 0) is 0 Å². The molecule has 0 spiro atoms. The van der Waals surface area contributed by atoms with Crippen LogP contribution in [0, 0.1) is 0 Å². The van der Waals surface area contributed by atoms with E-state index in [2.05, 4.69) is 11.3 Å². The zero-order chi connectivity index (χ0) is 9.40. The Labute approximate surface area is 79.6 Å². The summed E-state index contributed by atoms with van der Waals surface area (Å²) in [5.41, 5.74) is 0.927. The molecule has 1 N–H and O–H groups in total. The Balaban J connectivity index is 3.86. The molecule has 0 aromatic rings. The predicted octanol–water partition coefficient (Wildman–Crippen LogP) is 2.67. The summed E-state index contributed by atoms with van der Waals surface area (Å²) in [6, 6.07) is 0. The van der Waals surface area contributed by atoms with E-state index in [9.17, 15) is 5.11 Å². The Kier molecular flexibility index (Phi) is 7.61. The molecule has 0 aromatic carbocycles. The average molecular weight is 189 g/mol. The van der Waals surface area contributed by atoms with E-state index in [1.807, 2.05) is 13.8 Å². The first kappa shape index (κ1) is 12.0. The number of aliphatic hydroxyl groups is 1. The summed E-state index contributed by atoms with van der Waals surface area (Å²) in [4.78, 5) is 0. The molecule has 0 aliphatic carbocycles. The van der Waals surface area contributed by atoms with E-state index >= 15 is 0 Å². The number of hydrogen-bond acceptors (Lipinski definition) is 3. The van der Waals surface area contributed by atoms with Crippen molar-refractivity contribution < 1.29 is 5.11 Å². The minimum atomic E-state index is -0.334. The van der Waals surface area contributed by atoms with Crippen molar-refractivity contribution in [3.63, 3.8) is 0 Å². The third kappa shape index (κ3) is 4.78. The fraction of sp³-hybridized carbons (Fsp3) is 0.889. The second kappa shape index (κ2) is 7.62. The molecule has 0 fully saturated rings. The van der Waals surface area contributed by atoms with Gasteiger partial charge in [0.2, 0.25) is 0 Å². The molecule has 2 nitrogen and oxygen atoms in total. The van der Waals surface area contributed by atoms with Crippen LogP contribution in [0.15, 0.2) is 4.40 Å². The molecule has 12 heavy (non-hydrogen) atoms. The summed E-state index contributed by atoms with van der Waals surface area (Å²) in [5, 5.41) is 9.47. The molecule has 0 bridgehead atoms. The molecule has 0 aliphatic rings. The van der Waals surface area contributed by atoms with Crippen molar-refractivity contribution in [2.45, 2.75) is 46.1 Å². The van der Waals surface area contributed by atoms with Gasteiger partial charge in [-0.15, -0.1) is 0 Å². The van der Waals surface area contributed by atoms with E-state index in [-0.39, 0.29) is 6.10 Å². The van der Waals surface area contributed by atoms with Crippen LogP contribution in [0.3, 0.4) is 0 Å². The fourth-order valence-corrected chi connectivity index (χ4v) is 1.51. The normalized spacial score (nSPS) is 14.8. The first-order valence-electron chi connectivity index (χ1n) is 4.62. The molecule has 0 aromatic heterocycles. The predicted molar refractivity (Wildman–Crippen MR) is 56.8 cm³/mol. The summed E-state index contributed by atoms with van der Waals surface area (Å²) in [6.07, 6.45) is 2.41. The van der Waals surface area contributed by atoms with Gasteiger partial charge in [-0.3, -0.25) is 0 Å². The van der Waals surface area contributed by atoms with Crippen molar-refractivity contribution in [3.8, 4) is 0 Å². The molecule has 72 valence electrons. The van der Waals surface area contributed by atoms with E-state index in [0.29, 0.717) is 0 Å². The summed E-state index contributed by atoms with van der Waals surface area (Å²) >= 11 is 1.56. The van der Waals surface area contributed by atoms with E-state index < -0.39 is 0 Å². The molecule has 3 heteroatoms. The largest absolute Gasteiger partial charge is 0.387 e. The second-order valence-electron chi connectivity index (χ2n) is 2.69. The standard InChI is InChI=1S/C9H19NOS/c1-4-7-12-10-8(5-2)9(11)6-3/h9,11H,4-7H2,1-3H3. The Bertz CT molecular complexity index is 136. The van der Waals surface area contributed by atoms with Crippen molar-refractivity contribution in [2.24, 2.45) is 4.40 Å². The number of aliphatic hydroxyl groups excluding tert-OH is 1. The Hall–Kier alpha value is -0.0200. The minimum absolute atomic E-state index is 0.334. The van der Waals surface area contributed by atoms with Crippen molar-refractivity contribution in [1.29, 1.82) is 0 Å². The van der Waals surface area contributed by atoms with E-state index in [1.165, 1.54) is 0 Å². The van der Waals surface area contributed by atoms with Crippen molar-refractivity contribution in [3.05, 3.63) is 0 Å². The van der Waals surface area contributed by atoms with E-state index in [1.54, 1.807) is 11.9 Å². The highest BCUT2D eigenvalue weighted by atomic mass is 32.2. The monoisotopic (exact) mass is 189 g/mol. The van der Waals surface area contributed by atoms with Gasteiger partial charge in [-0.25, -0.2) is 4.40 Å². The van der Waals surface area contributed by atoms with E-state index in [0.717, 1.165) is 30.7 Å². The highest BCUT2D eigenvalue weighted by Crippen LogP contribution is 2.08. The quantitative estimate of drug-likeness (QED) is 0.396. The van der Waals surface area contributed by atoms with Crippen LogP contribution in [0.5, 0.6) is 0 Å². The third-order valence-electron chi connectivity index (χ3n) is 1.61. The second-order valence-corrected chi connectivity index (χ2v) is 3.54. The van der Waals surface area contributed by atoms with Crippen molar-refractivity contribution >= 4 is 17.7 Å². The zero-order valence-electron chi connectivity index (χ0n) is 8.21.